The maximum Gasteiger partial charge on any atom is 0.305 e. The number of ether oxygens (including phenoxy) is 2. The highest BCUT2D eigenvalue weighted by molar-refractivity contribution is 5.68. The molecule has 1 aliphatic rings. The highest BCUT2D eigenvalue weighted by Gasteiger charge is 2.30. The SMILES string of the molecule is CCC(=O)OCC(C)(C)OC(CC)C1CCCCC1. The number of hydrogen-bond acceptors (Lipinski definition) is 3. The van der Waals surface area contributed by atoms with Crippen molar-refractivity contribution in [2.45, 2.75) is 84.3 Å². The summed E-state index contributed by atoms with van der Waals surface area (Å²) in [6, 6.07) is 0. The molecule has 0 bridgehead atoms. The summed E-state index contributed by atoms with van der Waals surface area (Å²) in [7, 11) is 0. The molecule has 0 aromatic heterocycles. The molecular weight excluding hydrogens is 240 g/mol. The quantitative estimate of drug-likeness (QED) is 0.653. The minimum atomic E-state index is -0.386. The number of carbonyl (C=O) groups is 1. The van der Waals surface area contributed by atoms with E-state index in [4.69, 9.17) is 9.47 Å². The van der Waals surface area contributed by atoms with Crippen LogP contribution in [0, 0.1) is 5.92 Å². The lowest BCUT2D eigenvalue weighted by Crippen LogP contribution is -2.39. The van der Waals surface area contributed by atoms with Crippen molar-refractivity contribution in [1.82, 2.24) is 0 Å². The zero-order valence-electron chi connectivity index (χ0n) is 13.0. The van der Waals surface area contributed by atoms with Gasteiger partial charge in [-0.25, -0.2) is 0 Å². The van der Waals surface area contributed by atoms with E-state index in [0.717, 1.165) is 6.42 Å². The molecule has 1 fully saturated rings. The van der Waals surface area contributed by atoms with Crippen LogP contribution in [0.2, 0.25) is 0 Å². The molecule has 1 atom stereocenters. The Morgan fingerprint density at radius 2 is 1.84 bits per heavy atom. The van der Waals surface area contributed by atoms with Crippen LogP contribution in [-0.4, -0.2) is 24.3 Å². The van der Waals surface area contributed by atoms with Crippen LogP contribution in [0.1, 0.15) is 72.6 Å². The molecule has 3 nitrogen and oxygen atoms in total. The van der Waals surface area contributed by atoms with Crippen molar-refractivity contribution in [3.05, 3.63) is 0 Å². The van der Waals surface area contributed by atoms with Crippen molar-refractivity contribution in [3.8, 4) is 0 Å². The van der Waals surface area contributed by atoms with Gasteiger partial charge < -0.3 is 9.47 Å². The van der Waals surface area contributed by atoms with Crippen molar-refractivity contribution in [3.63, 3.8) is 0 Å². The average Bonchev–Trinajstić information content (AvgIpc) is 2.43. The van der Waals surface area contributed by atoms with Gasteiger partial charge in [0, 0.05) is 6.42 Å². The van der Waals surface area contributed by atoms with Gasteiger partial charge in [0.1, 0.15) is 6.61 Å². The molecule has 112 valence electrons. The van der Waals surface area contributed by atoms with Crippen molar-refractivity contribution in [2.24, 2.45) is 5.92 Å². The average molecular weight is 270 g/mol. The first-order valence-electron chi connectivity index (χ1n) is 7.82. The van der Waals surface area contributed by atoms with Gasteiger partial charge in [0.05, 0.1) is 11.7 Å². The highest BCUT2D eigenvalue weighted by atomic mass is 16.6. The summed E-state index contributed by atoms with van der Waals surface area (Å²) in [5, 5.41) is 0. The Kier molecular flexibility index (Phi) is 6.84. The van der Waals surface area contributed by atoms with Crippen molar-refractivity contribution in [2.75, 3.05) is 6.61 Å². The Bertz CT molecular complexity index is 267. The highest BCUT2D eigenvalue weighted by Crippen LogP contribution is 2.31. The summed E-state index contributed by atoms with van der Waals surface area (Å²) in [6.45, 7) is 8.38. The smallest absolute Gasteiger partial charge is 0.305 e. The molecule has 0 N–H and O–H groups in total. The third-order valence-corrected chi connectivity index (χ3v) is 3.92. The lowest BCUT2D eigenvalue weighted by Gasteiger charge is -2.36. The van der Waals surface area contributed by atoms with Crippen LogP contribution in [0.15, 0.2) is 0 Å². The number of esters is 1. The van der Waals surface area contributed by atoms with Gasteiger partial charge in [-0.05, 0) is 39.0 Å². The first-order valence-corrected chi connectivity index (χ1v) is 7.82. The van der Waals surface area contributed by atoms with E-state index in [0.29, 0.717) is 25.0 Å². The fourth-order valence-electron chi connectivity index (χ4n) is 2.82. The Labute approximate surface area is 118 Å². The maximum atomic E-state index is 11.2. The number of rotatable bonds is 7. The van der Waals surface area contributed by atoms with E-state index in [9.17, 15) is 4.79 Å². The molecule has 1 aliphatic carbocycles. The predicted octanol–water partition coefficient (Wildman–Crippen LogP) is 4.09. The second-order valence-electron chi connectivity index (χ2n) is 6.24. The monoisotopic (exact) mass is 270 g/mol. The molecule has 0 aromatic rings. The van der Waals surface area contributed by atoms with Crippen LogP contribution in [0.3, 0.4) is 0 Å². The lowest BCUT2D eigenvalue weighted by atomic mass is 9.84. The molecule has 0 spiro atoms. The fourth-order valence-corrected chi connectivity index (χ4v) is 2.82. The van der Waals surface area contributed by atoms with E-state index in [1.807, 2.05) is 20.8 Å². The number of hydrogen-bond donors (Lipinski definition) is 0. The minimum absolute atomic E-state index is 0.151. The third kappa shape index (κ3) is 5.94. The predicted molar refractivity (Wildman–Crippen MR) is 77.1 cm³/mol. The minimum Gasteiger partial charge on any atom is -0.463 e. The summed E-state index contributed by atoms with van der Waals surface area (Å²) in [5.41, 5.74) is -0.386. The van der Waals surface area contributed by atoms with E-state index in [1.165, 1.54) is 32.1 Å². The van der Waals surface area contributed by atoms with E-state index in [2.05, 4.69) is 6.92 Å². The van der Waals surface area contributed by atoms with E-state index < -0.39 is 0 Å². The second-order valence-corrected chi connectivity index (χ2v) is 6.24. The standard InChI is InChI=1S/C16H30O3/c1-5-14(13-10-8-7-9-11-13)19-16(3,4)12-18-15(17)6-2/h13-14H,5-12H2,1-4H3. The second kappa shape index (κ2) is 7.88. The zero-order chi connectivity index (χ0) is 14.3. The van der Waals surface area contributed by atoms with E-state index >= 15 is 0 Å². The van der Waals surface area contributed by atoms with Gasteiger partial charge in [0.15, 0.2) is 0 Å². The molecule has 3 heteroatoms. The molecule has 0 aliphatic heterocycles. The molecule has 0 amide bonds. The summed E-state index contributed by atoms with van der Waals surface area (Å²) in [4.78, 5) is 11.2. The molecular formula is C16H30O3. The molecule has 1 saturated carbocycles. The lowest BCUT2D eigenvalue weighted by molar-refractivity contribution is -0.162. The Morgan fingerprint density at radius 3 is 2.37 bits per heavy atom. The summed E-state index contributed by atoms with van der Waals surface area (Å²) in [5.74, 6) is 0.530. The molecule has 1 unspecified atom stereocenters. The van der Waals surface area contributed by atoms with Crippen molar-refractivity contribution in [1.29, 1.82) is 0 Å². The Balaban J connectivity index is 2.45. The van der Waals surface area contributed by atoms with Gasteiger partial charge in [0.25, 0.3) is 0 Å². The third-order valence-electron chi connectivity index (χ3n) is 3.92. The van der Waals surface area contributed by atoms with Crippen LogP contribution < -0.4 is 0 Å². The molecule has 1 rings (SSSR count). The van der Waals surface area contributed by atoms with E-state index in [1.54, 1.807) is 0 Å². The molecule has 19 heavy (non-hydrogen) atoms. The van der Waals surface area contributed by atoms with Crippen LogP contribution >= 0.6 is 0 Å². The fraction of sp³-hybridized carbons (Fsp3) is 0.938. The Hall–Kier alpha value is -0.570. The molecule has 0 radical (unpaired) electrons. The normalized spacial score (nSPS) is 19.2. The zero-order valence-corrected chi connectivity index (χ0v) is 13.0. The molecule has 0 heterocycles. The van der Waals surface area contributed by atoms with Gasteiger partial charge in [-0.15, -0.1) is 0 Å². The largest absolute Gasteiger partial charge is 0.463 e. The first kappa shape index (κ1) is 16.5. The molecule has 0 saturated heterocycles. The summed E-state index contributed by atoms with van der Waals surface area (Å²) < 4.78 is 11.5. The van der Waals surface area contributed by atoms with Crippen LogP contribution in [-0.2, 0) is 14.3 Å². The van der Waals surface area contributed by atoms with Crippen LogP contribution in [0.5, 0.6) is 0 Å². The topological polar surface area (TPSA) is 35.5 Å². The van der Waals surface area contributed by atoms with Gasteiger partial charge in [-0.1, -0.05) is 33.1 Å². The maximum absolute atomic E-state index is 11.2. The van der Waals surface area contributed by atoms with Gasteiger partial charge in [-0.3, -0.25) is 4.79 Å². The summed E-state index contributed by atoms with van der Waals surface area (Å²) >= 11 is 0. The van der Waals surface area contributed by atoms with Gasteiger partial charge in [0.2, 0.25) is 0 Å². The van der Waals surface area contributed by atoms with E-state index in [-0.39, 0.29) is 11.6 Å². The number of carbonyl (C=O) groups excluding carboxylic acids is 1. The van der Waals surface area contributed by atoms with Crippen molar-refractivity contribution < 1.29 is 14.3 Å². The molecule has 0 aromatic carbocycles. The van der Waals surface area contributed by atoms with Crippen LogP contribution in [0.25, 0.3) is 0 Å². The van der Waals surface area contributed by atoms with Gasteiger partial charge >= 0.3 is 5.97 Å². The Morgan fingerprint density at radius 1 is 1.21 bits per heavy atom. The van der Waals surface area contributed by atoms with Crippen molar-refractivity contribution >= 4 is 5.97 Å². The first-order chi connectivity index (χ1) is 8.98. The van der Waals surface area contributed by atoms with Gasteiger partial charge in [-0.2, -0.15) is 0 Å². The summed E-state index contributed by atoms with van der Waals surface area (Å²) in [6.07, 6.45) is 8.35. The van der Waals surface area contributed by atoms with Crippen LogP contribution in [0.4, 0.5) is 0 Å².